The Bertz CT molecular complexity index is 484. The van der Waals surface area contributed by atoms with Gasteiger partial charge in [0.25, 0.3) is 0 Å². The summed E-state index contributed by atoms with van der Waals surface area (Å²) in [6.07, 6.45) is 4.78. The summed E-state index contributed by atoms with van der Waals surface area (Å²) >= 11 is 5.30. The van der Waals surface area contributed by atoms with Gasteiger partial charge in [0.15, 0.2) is 0 Å². The zero-order chi connectivity index (χ0) is 13.0. The molecule has 0 aromatic carbocycles. The summed E-state index contributed by atoms with van der Waals surface area (Å²) in [4.78, 5) is 5.43. The molecule has 2 heterocycles. The summed E-state index contributed by atoms with van der Waals surface area (Å²) in [5.41, 5.74) is 1.30. The molecule has 0 radical (unpaired) electrons. The lowest BCUT2D eigenvalue weighted by atomic mass is 10.0. The Morgan fingerprint density at radius 1 is 1.28 bits per heavy atom. The normalized spacial score (nSPS) is 14.4. The Morgan fingerprint density at radius 3 is 2.56 bits per heavy atom. The van der Waals surface area contributed by atoms with E-state index in [0.717, 1.165) is 6.42 Å². The molecule has 0 saturated heterocycles. The van der Waals surface area contributed by atoms with E-state index in [1.54, 1.807) is 11.3 Å². The van der Waals surface area contributed by atoms with Crippen LogP contribution in [0.25, 0.3) is 0 Å². The maximum absolute atomic E-state index is 4.07. The largest absolute Gasteiger partial charge is 0.303 e. The summed E-state index contributed by atoms with van der Waals surface area (Å²) < 4.78 is 1.18. The Balaban J connectivity index is 2.07. The van der Waals surface area contributed by atoms with Crippen LogP contribution in [0.1, 0.15) is 42.8 Å². The minimum absolute atomic E-state index is 0.361. The van der Waals surface area contributed by atoms with Gasteiger partial charge in [-0.15, -0.1) is 11.3 Å². The molecule has 0 unspecified atom stereocenters. The number of halogens is 1. The first kappa shape index (κ1) is 13.7. The van der Waals surface area contributed by atoms with Crippen LogP contribution in [0.4, 0.5) is 0 Å². The maximum atomic E-state index is 4.07. The third-order valence-electron chi connectivity index (χ3n) is 2.99. The van der Waals surface area contributed by atoms with Crippen molar-refractivity contribution in [1.29, 1.82) is 0 Å². The first-order valence-corrected chi connectivity index (χ1v) is 7.73. The van der Waals surface area contributed by atoms with Gasteiger partial charge in [-0.25, -0.2) is 0 Å². The molecule has 4 heteroatoms. The average molecular weight is 325 g/mol. The van der Waals surface area contributed by atoms with Gasteiger partial charge < -0.3 is 5.32 Å². The lowest BCUT2D eigenvalue weighted by Crippen LogP contribution is -2.23. The van der Waals surface area contributed by atoms with Gasteiger partial charge in [0.05, 0.1) is 3.79 Å². The highest BCUT2D eigenvalue weighted by Crippen LogP contribution is 2.29. The fourth-order valence-corrected chi connectivity index (χ4v) is 3.43. The summed E-state index contributed by atoms with van der Waals surface area (Å²) in [6.45, 7) is 4.41. The molecular formula is C14H17BrN2S. The van der Waals surface area contributed by atoms with Gasteiger partial charge >= 0.3 is 0 Å². The fraction of sp³-hybridized carbons (Fsp3) is 0.357. The molecule has 18 heavy (non-hydrogen) atoms. The second-order valence-corrected chi connectivity index (χ2v) is 6.77. The van der Waals surface area contributed by atoms with E-state index in [4.69, 9.17) is 0 Å². The molecule has 2 aromatic heterocycles. The van der Waals surface area contributed by atoms with Crippen molar-refractivity contribution in [2.75, 3.05) is 0 Å². The Hall–Kier alpha value is -0.710. The van der Waals surface area contributed by atoms with E-state index < -0.39 is 0 Å². The Labute approximate surface area is 121 Å². The van der Waals surface area contributed by atoms with Crippen molar-refractivity contribution in [2.45, 2.75) is 32.4 Å². The molecule has 0 spiro atoms. The van der Waals surface area contributed by atoms with Crippen LogP contribution in [0.2, 0.25) is 0 Å². The van der Waals surface area contributed by atoms with Crippen LogP contribution in [0.3, 0.4) is 0 Å². The highest BCUT2D eigenvalue weighted by Gasteiger charge is 2.14. The first-order chi connectivity index (χ1) is 8.70. The standard InChI is InChI=1S/C14H17BrN2S/c1-3-12(11-6-8-16-9-7-11)17-10(2)13-4-5-14(15)18-13/h4-10,12,17H,3H2,1-2H3/t10-,12+/m0/s1. The topological polar surface area (TPSA) is 24.9 Å². The summed E-state index contributed by atoms with van der Waals surface area (Å²) in [5.74, 6) is 0. The number of rotatable bonds is 5. The third-order valence-corrected chi connectivity index (χ3v) is 4.80. The van der Waals surface area contributed by atoms with E-state index >= 15 is 0 Å². The predicted molar refractivity (Wildman–Crippen MR) is 80.8 cm³/mol. The van der Waals surface area contributed by atoms with Crippen LogP contribution in [0, 0.1) is 0 Å². The number of hydrogen-bond donors (Lipinski definition) is 1. The van der Waals surface area contributed by atoms with Crippen molar-refractivity contribution in [3.05, 3.63) is 50.9 Å². The van der Waals surface area contributed by atoms with E-state index in [2.05, 4.69) is 64.3 Å². The number of nitrogens with zero attached hydrogens (tertiary/aromatic N) is 1. The van der Waals surface area contributed by atoms with Gasteiger partial charge in [-0.1, -0.05) is 6.92 Å². The molecule has 0 aliphatic heterocycles. The molecule has 0 aliphatic rings. The second kappa shape index (κ2) is 6.45. The van der Waals surface area contributed by atoms with Gasteiger partial charge in [-0.3, -0.25) is 4.98 Å². The highest BCUT2D eigenvalue weighted by molar-refractivity contribution is 9.11. The first-order valence-electron chi connectivity index (χ1n) is 6.12. The average Bonchev–Trinajstić information content (AvgIpc) is 2.83. The lowest BCUT2D eigenvalue weighted by molar-refractivity contribution is 0.460. The number of thiophene rings is 1. The molecule has 0 fully saturated rings. The SMILES string of the molecule is CC[C@@H](N[C@@H](C)c1ccc(Br)s1)c1ccncc1. The van der Waals surface area contributed by atoms with Crippen LogP contribution < -0.4 is 5.32 Å². The smallest absolute Gasteiger partial charge is 0.0701 e. The number of nitrogens with one attached hydrogen (secondary N) is 1. The fourth-order valence-electron chi connectivity index (χ4n) is 1.99. The molecule has 0 bridgehead atoms. The molecule has 96 valence electrons. The molecule has 2 rings (SSSR count). The zero-order valence-corrected chi connectivity index (χ0v) is 13.0. The summed E-state index contributed by atoms with van der Waals surface area (Å²) in [5, 5.41) is 3.67. The number of aromatic nitrogens is 1. The van der Waals surface area contributed by atoms with E-state index in [1.807, 2.05) is 12.4 Å². The molecule has 2 atom stereocenters. The third kappa shape index (κ3) is 3.40. The molecule has 0 aliphatic carbocycles. The van der Waals surface area contributed by atoms with Gasteiger partial charge in [0.2, 0.25) is 0 Å². The summed E-state index contributed by atoms with van der Waals surface area (Å²) in [7, 11) is 0. The molecule has 1 N–H and O–H groups in total. The van der Waals surface area contributed by atoms with Crippen molar-refractivity contribution >= 4 is 27.3 Å². The zero-order valence-electron chi connectivity index (χ0n) is 10.6. The van der Waals surface area contributed by atoms with Gasteiger partial charge in [0, 0.05) is 29.4 Å². The molecule has 2 aromatic rings. The van der Waals surface area contributed by atoms with Crippen molar-refractivity contribution < 1.29 is 0 Å². The van der Waals surface area contributed by atoms with Crippen molar-refractivity contribution in [1.82, 2.24) is 10.3 Å². The van der Waals surface area contributed by atoms with Crippen LogP contribution in [0.15, 0.2) is 40.4 Å². The van der Waals surface area contributed by atoms with Crippen LogP contribution in [-0.4, -0.2) is 4.98 Å². The Kier molecular flexibility index (Phi) is 4.92. The molecule has 2 nitrogen and oxygen atoms in total. The van der Waals surface area contributed by atoms with Gasteiger partial charge in [-0.05, 0) is 59.1 Å². The van der Waals surface area contributed by atoms with Gasteiger partial charge in [0.1, 0.15) is 0 Å². The minimum Gasteiger partial charge on any atom is -0.303 e. The second-order valence-electron chi connectivity index (χ2n) is 4.27. The number of pyridine rings is 1. The van der Waals surface area contributed by atoms with Crippen molar-refractivity contribution in [2.24, 2.45) is 0 Å². The quantitative estimate of drug-likeness (QED) is 0.861. The monoisotopic (exact) mass is 324 g/mol. The Morgan fingerprint density at radius 2 is 2.00 bits per heavy atom. The summed E-state index contributed by atoms with van der Waals surface area (Å²) in [6, 6.07) is 9.18. The van der Waals surface area contributed by atoms with E-state index in [1.165, 1.54) is 14.2 Å². The highest BCUT2D eigenvalue weighted by atomic mass is 79.9. The molecule has 0 amide bonds. The van der Waals surface area contributed by atoms with E-state index in [9.17, 15) is 0 Å². The van der Waals surface area contributed by atoms with Crippen LogP contribution in [-0.2, 0) is 0 Å². The van der Waals surface area contributed by atoms with Crippen LogP contribution in [0.5, 0.6) is 0 Å². The minimum atomic E-state index is 0.361. The predicted octanol–water partition coefficient (Wildman–Crippen LogP) is 4.71. The molecular weight excluding hydrogens is 308 g/mol. The number of hydrogen-bond acceptors (Lipinski definition) is 3. The van der Waals surface area contributed by atoms with E-state index in [-0.39, 0.29) is 0 Å². The van der Waals surface area contributed by atoms with Gasteiger partial charge in [-0.2, -0.15) is 0 Å². The molecule has 0 saturated carbocycles. The van der Waals surface area contributed by atoms with Crippen molar-refractivity contribution in [3.63, 3.8) is 0 Å². The van der Waals surface area contributed by atoms with Crippen molar-refractivity contribution in [3.8, 4) is 0 Å². The van der Waals surface area contributed by atoms with E-state index in [0.29, 0.717) is 12.1 Å². The van der Waals surface area contributed by atoms with Crippen LogP contribution >= 0.6 is 27.3 Å². The maximum Gasteiger partial charge on any atom is 0.0701 e. The lowest BCUT2D eigenvalue weighted by Gasteiger charge is -2.21.